The molecule has 0 aromatic heterocycles. The van der Waals surface area contributed by atoms with Gasteiger partial charge in [0.15, 0.2) is 0 Å². The highest BCUT2D eigenvalue weighted by Gasteiger charge is 2.27. The Bertz CT molecular complexity index is 515. The Hall–Kier alpha value is -2.08. The minimum Gasteiger partial charge on any atom is -0.507 e. The molecule has 0 bridgehead atoms. The van der Waals surface area contributed by atoms with Crippen molar-refractivity contribution in [3.8, 4) is 5.75 Å². The second kappa shape index (κ2) is 5.27. The molecular weight excluding hydrogens is 248 g/mol. The first-order valence-corrected chi connectivity index (χ1v) is 6.10. The van der Waals surface area contributed by atoms with E-state index in [-0.39, 0.29) is 29.2 Å². The molecule has 102 valence electrons. The van der Waals surface area contributed by atoms with Gasteiger partial charge in [0.05, 0.1) is 0 Å². The third kappa shape index (κ3) is 3.03. The van der Waals surface area contributed by atoms with Gasteiger partial charge in [0.2, 0.25) is 5.91 Å². The summed E-state index contributed by atoms with van der Waals surface area (Å²) in [4.78, 5) is 22.7. The van der Waals surface area contributed by atoms with Crippen LogP contribution in [0, 0.1) is 5.92 Å². The van der Waals surface area contributed by atoms with Crippen LogP contribution in [-0.4, -0.2) is 28.1 Å². The normalized spacial score (nSPS) is 22.2. The number of rotatable bonds is 3. The summed E-state index contributed by atoms with van der Waals surface area (Å²) in [6.07, 6.45) is 2.25. The highest BCUT2D eigenvalue weighted by atomic mass is 16.4. The summed E-state index contributed by atoms with van der Waals surface area (Å²) >= 11 is 0. The largest absolute Gasteiger partial charge is 0.507 e. The van der Waals surface area contributed by atoms with E-state index in [0.717, 1.165) is 12.8 Å². The Balaban J connectivity index is 2.05. The van der Waals surface area contributed by atoms with E-state index in [0.29, 0.717) is 12.1 Å². The number of carbonyl (C=O) groups excluding carboxylic acids is 1. The van der Waals surface area contributed by atoms with Gasteiger partial charge < -0.3 is 21.3 Å². The second-order valence-corrected chi connectivity index (χ2v) is 4.80. The Kier molecular flexibility index (Phi) is 3.71. The molecule has 1 aromatic rings. The lowest BCUT2D eigenvalue weighted by Crippen LogP contribution is -2.23. The average Bonchev–Trinajstić information content (AvgIpc) is 2.75. The molecule has 1 saturated carbocycles. The maximum absolute atomic E-state index is 11.9. The van der Waals surface area contributed by atoms with Gasteiger partial charge in [-0.25, -0.2) is 4.79 Å². The molecule has 2 unspecified atom stereocenters. The number of aromatic hydroxyl groups is 1. The number of carbonyl (C=O) groups is 2. The van der Waals surface area contributed by atoms with Gasteiger partial charge >= 0.3 is 5.97 Å². The Morgan fingerprint density at radius 2 is 2.05 bits per heavy atom. The number of anilines is 1. The van der Waals surface area contributed by atoms with E-state index in [2.05, 4.69) is 5.32 Å². The van der Waals surface area contributed by atoms with Crippen molar-refractivity contribution >= 4 is 17.6 Å². The fraction of sp³-hybridized carbons (Fsp3) is 0.385. The fourth-order valence-corrected chi connectivity index (χ4v) is 2.29. The SMILES string of the molecule is NC1CCC(C(=O)Nc2ccc(C(=O)O)c(O)c2)C1. The van der Waals surface area contributed by atoms with E-state index >= 15 is 0 Å². The number of benzene rings is 1. The van der Waals surface area contributed by atoms with E-state index in [4.69, 9.17) is 10.8 Å². The molecule has 0 saturated heterocycles. The lowest BCUT2D eigenvalue weighted by molar-refractivity contribution is -0.119. The first kappa shape index (κ1) is 13.4. The van der Waals surface area contributed by atoms with Gasteiger partial charge in [-0.1, -0.05) is 0 Å². The van der Waals surface area contributed by atoms with Crippen LogP contribution in [-0.2, 0) is 4.79 Å². The van der Waals surface area contributed by atoms with Crippen LogP contribution in [0.3, 0.4) is 0 Å². The van der Waals surface area contributed by atoms with Crippen molar-refractivity contribution in [1.29, 1.82) is 0 Å². The van der Waals surface area contributed by atoms with Crippen molar-refractivity contribution in [2.24, 2.45) is 11.7 Å². The highest BCUT2D eigenvalue weighted by Crippen LogP contribution is 2.27. The maximum Gasteiger partial charge on any atom is 0.339 e. The minimum atomic E-state index is -1.21. The van der Waals surface area contributed by atoms with Crippen LogP contribution >= 0.6 is 0 Å². The molecular formula is C13H16N2O4. The van der Waals surface area contributed by atoms with Crippen LogP contribution in [0.4, 0.5) is 5.69 Å². The summed E-state index contributed by atoms with van der Waals surface area (Å²) in [6, 6.07) is 4.01. The summed E-state index contributed by atoms with van der Waals surface area (Å²) in [5.74, 6) is -1.84. The van der Waals surface area contributed by atoms with Crippen molar-refractivity contribution in [3.05, 3.63) is 23.8 Å². The Labute approximate surface area is 110 Å². The number of phenols is 1. The molecule has 1 fully saturated rings. The third-order valence-electron chi connectivity index (χ3n) is 3.34. The molecule has 5 N–H and O–H groups in total. The van der Waals surface area contributed by atoms with Crippen LogP contribution in [0.2, 0.25) is 0 Å². The lowest BCUT2D eigenvalue weighted by atomic mass is 10.1. The zero-order valence-electron chi connectivity index (χ0n) is 10.3. The molecule has 6 nitrogen and oxygen atoms in total. The van der Waals surface area contributed by atoms with Crippen LogP contribution in [0.15, 0.2) is 18.2 Å². The molecule has 1 aromatic carbocycles. The lowest BCUT2D eigenvalue weighted by Gasteiger charge is -2.11. The third-order valence-corrected chi connectivity index (χ3v) is 3.34. The van der Waals surface area contributed by atoms with Crippen LogP contribution in [0.25, 0.3) is 0 Å². The number of carboxylic acids is 1. The van der Waals surface area contributed by atoms with E-state index in [1.165, 1.54) is 18.2 Å². The first-order chi connectivity index (χ1) is 8.97. The van der Waals surface area contributed by atoms with Gasteiger partial charge in [0.1, 0.15) is 11.3 Å². The van der Waals surface area contributed by atoms with Crippen LogP contribution in [0.5, 0.6) is 5.75 Å². The summed E-state index contributed by atoms with van der Waals surface area (Å²) in [6.45, 7) is 0. The van der Waals surface area contributed by atoms with Crippen molar-refractivity contribution in [2.45, 2.75) is 25.3 Å². The summed E-state index contributed by atoms with van der Waals surface area (Å²) in [7, 11) is 0. The van der Waals surface area contributed by atoms with Gasteiger partial charge in [-0.3, -0.25) is 4.79 Å². The Morgan fingerprint density at radius 1 is 1.32 bits per heavy atom. The quantitative estimate of drug-likeness (QED) is 0.654. The number of aromatic carboxylic acids is 1. The molecule has 1 aliphatic rings. The highest BCUT2D eigenvalue weighted by molar-refractivity contribution is 5.95. The molecule has 0 radical (unpaired) electrons. The van der Waals surface area contributed by atoms with Gasteiger partial charge in [-0.05, 0) is 31.4 Å². The molecule has 1 aliphatic carbocycles. The molecule has 6 heteroatoms. The van der Waals surface area contributed by atoms with Gasteiger partial charge in [0, 0.05) is 23.7 Å². The predicted molar refractivity (Wildman–Crippen MR) is 69.0 cm³/mol. The predicted octanol–water partition coefficient (Wildman–Crippen LogP) is 1.16. The van der Waals surface area contributed by atoms with Crippen molar-refractivity contribution in [1.82, 2.24) is 0 Å². The van der Waals surface area contributed by atoms with Gasteiger partial charge in [-0.2, -0.15) is 0 Å². The summed E-state index contributed by atoms with van der Waals surface area (Å²) in [5.41, 5.74) is 5.94. The number of nitrogens with one attached hydrogen (secondary N) is 1. The molecule has 0 spiro atoms. The van der Waals surface area contributed by atoms with Crippen molar-refractivity contribution in [3.63, 3.8) is 0 Å². The topological polar surface area (TPSA) is 113 Å². The minimum absolute atomic E-state index is 0.0681. The summed E-state index contributed by atoms with van der Waals surface area (Å²) < 4.78 is 0. The standard InChI is InChI=1S/C13H16N2O4/c14-8-2-1-7(5-8)12(17)15-9-3-4-10(13(18)19)11(16)6-9/h3-4,6-8,16H,1-2,5,14H2,(H,15,17)(H,18,19). The first-order valence-electron chi connectivity index (χ1n) is 6.10. The molecule has 0 aliphatic heterocycles. The monoisotopic (exact) mass is 264 g/mol. The van der Waals surface area contributed by atoms with E-state index in [1.807, 2.05) is 0 Å². The van der Waals surface area contributed by atoms with Gasteiger partial charge in [-0.15, -0.1) is 0 Å². The van der Waals surface area contributed by atoms with E-state index in [9.17, 15) is 14.7 Å². The summed E-state index contributed by atoms with van der Waals surface area (Å²) in [5, 5.41) is 21.0. The molecule has 2 rings (SSSR count). The van der Waals surface area contributed by atoms with Crippen LogP contribution in [0.1, 0.15) is 29.6 Å². The number of nitrogens with two attached hydrogens (primary N) is 1. The zero-order chi connectivity index (χ0) is 14.0. The van der Waals surface area contributed by atoms with Gasteiger partial charge in [0.25, 0.3) is 0 Å². The number of amides is 1. The molecule has 1 amide bonds. The number of carboxylic acid groups (broad SMARTS) is 1. The van der Waals surface area contributed by atoms with Crippen molar-refractivity contribution in [2.75, 3.05) is 5.32 Å². The fourth-order valence-electron chi connectivity index (χ4n) is 2.29. The number of hydrogen-bond acceptors (Lipinski definition) is 4. The molecule has 19 heavy (non-hydrogen) atoms. The van der Waals surface area contributed by atoms with E-state index in [1.54, 1.807) is 0 Å². The smallest absolute Gasteiger partial charge is 0.339 e. The molecule has 2 atom stereocenters. The van der Waals surface area contributed by atoms with Crippen molar-refractivity contribution < 1.29 is 19.8 Å². The average molecular weight is 264 g/mol. The van der Waals surface area contributed by atoms with Crippen LogP contribution < -0.4 is 11.1 Å². The Morgan fingerprint density at radius 3 is 2.58 bits per heavy atom. The maximum atomic E-state index is 11.9. The zero-order valence-corrected chi connectivity index (χ0v) is 10.3. The molecule has 0 heterocycles. The second-order valence-electron chi connectivity index (χ2n) is 4.80. The van der Waals surface area contributed by atoms with E-state index < -0.39 is 5.97 Å². The number of hydrogen-bond donors (Lipinski definition) is 4.